The lowest BCUT2D eigenvalue weighted by atomic mass is 10.1. The average Bonchev–Trinajstić information content (AvgIpc) is 3.22. The largest absolute Gasteiger partial charge is 0.269 e. The molecule has 2 aliphatic rings. The van der Waals surface area contributed by atoms with Gasteiger partial charge in [-0.05, 0) is 55.7 Å². The summed E-state index contributed by atoms with van der Waals surface area (Å²) in [5.41, 5.74) is 4.17. The molecule has 0 amide bonds. The number of fused-ring (bicyclic) bond motifs is 2. The summed E-state index contributed by atoms with van der Waals surface area (Å²) in [5, 5.41) is 18.9. The van der Waals surface area contributed by atoms with E-state index in [0.29, 0.717) is 11.1 Å². The SMILES string of the molecule is Cc1c(-c2cc(Sc3ncccc3F)c3c(C#N)cnn3c2)cnn1CC1[C@H]2CCC[C@@H]12. The maximum atomic E-state index is 14.3. The van der Waals surface area contributed by atoms with Crippen molar-refractivity contribution in [1.29, 1.82) is 5.26 Å². The maximum Gasteiger partial charge on any atom is 0.155 e. The first-order valence-electron chi connectivity index (χ1n) is 10.9. The highest BCUT2D eigenvalue weighted by molar-refractivity contribution is 7.99. The standard InChI is InChI=1S/C24H21FN6S/c1-14-19(11-29-30(14)13-20-17-4-2-5-18(17)20)15-8-22(32-24-21(25)6-3-7-27-24)23-16(9-26)10-28-31(23)12-15/h3,6-8,10-12,17-18,20H,2,4-5,13H2,1H3/t17-,18+,20?. The van der Waals surface area contributed by atoms with Crippen LogP contribution < -0.4 is 0 Å². The Kier molecular flexibility index (Phi) is 4.54. The molecule has 3 atom stereocenters. The molecule has 0 aliphatic heterocycles. The van der Waals surface area contributed by atoms with Gasteiger partial charge < -0.3 is 0 Å². The van der Waals surface area contributed by atoms with Gasteiger partial charge in [-0.1, -0.05) is 18.2 Å². The van der Waals surface area contributed by atoms with Crippen molar-refractivity contribution < 1.29 is 4.39 Å². The molecule has 32 heavy (non-hydrogen) atoms. The van der Waals surface area contributed by atoms with Crippen molar-refractivity contribution in [3.63, 3.8) is 0 Å². The molecule has 0 spiro atoms. The monoisotopic (exact) mass is 444 g/mol. The predicted octanol–water partition coefficient (Wildman–Crippen LogP) is 5.11. The number of hydrogen-bond acceptors (Lipinski definition) is 5. The Hall–Kier alpha value is -3.18. The van der Waals surface area contributed by atoms with Gasteiger partial charge in [-0.15, -0.1) is 0 Å². The number of aromatic nitrogens is 5. The summed E-state index contributed by atoms with van der Waals surface area (Å²) in [6, 6.07) is 7.12. The molecule has 0 radical (unpaired) electrons. The van der Waals surface area contributed by atoms with Crippen LogP contribution >= 0.6 is 11.8 Å². The van der Waals surface area contributed by atoms with E-state index in [-0.39, 0.29) is 5.03 Å². The lowest BCUT2D eigenvalue weighted by molar-refractivity contribution is 0.471. The Morgan fingerprint density at radius 1 is 1.25 bits per heavy atom. The third-order valence-electron chi connectivity index (χ3n) is 7.01. The molecule has 6 rings (SSSR count). The van der Waals surface area contributed by atoms with Crippen LogP contribution in [0, 0.1) is 41.8 Å². The van der Waals surface area contributed by atoms with Crippen LogP contribution in [0.4, 0.5) is 4.39 Å². The van der Waals surface area contributed by atoms with Gasteiger partial charge in [0, 0.05) is 40.7 Å². The minimum absolute atomic E-state index is 0.268. The van der Waals surface area contributed by atoms with E-state index in [1.54, 1.807) is 23.0 Å². The number of nitriles is 1. The first kappa shape index (κ1) is 19.5. The number of rotatable bonds is 5. The molecule has 160 valence electrons. The molecule has 4 aromatic rings. The Labute approximate surface area is 189 Å². The second kappa shape index (κ2) is 7.45. The molecule has 4 aromatic heterocycles. The molecule has 6 nitrogen and oxygen atoms in total. The first-order valence-corrected chi connectivity index (χ1v) is 11.7. The Bertz CT molecular complexity index is 1370. The van der Waals surface area contributed by atoms with Crippen molar-refractivity contribution >= 4 is 17.3 Å². The van der Waals surface area contributed by atoms with Crippen molar-refractivity contribution in [3.05, 3.63) is 60.1 Å². The molecule has 0 aromatic carbocycles. The first-order chi connectivity index (χ1) is 15.6. The number of halogens is 1. The molecular formula is C24H21FN6S. The van der Waals surface area contributed by atoms with Gasteiger partial charge in [0.2, 0.25) is 0 Å². The van der Waals surface area contributed by atoms with E-state index in [9.17, 15) is 9.65 Å². The predicted molar refractivity (Wildman–Crippen MR) is 119 cm³/mol. The smallest absolute Gasteiger partial charge is 0.155 e. The van der Waals surface area contributed by atoms with E-state index >= 15 is 0 Å². The number of pyridine rings is 2. The molecule has 2 aliphatic carbocycles. The number of hydrogen-bond donors (Lipinski definition) is 0. The molecule has 0 bridgehead atoms. The molecule has 8 heteroatoms. The minimum Gasteiger partial charge on any atom is -0.269 e. The second-order valence-corrected chi connectivity index (χ2v) is 9.73. The van der Waals surface area contributed by atoms with Crippen molar-refractivity contribution in [3.8, 4) is 17.2 Å². The fraction of sp³-hybridized carbons (Fsp3) is 0.333. The maximum absolute atomic E-state index is 14.3. The van der Waals surface area contributed by atoms with Crippen molar-refractivity contribution in [2.45, 2.75) is 42.7 Å². The van der Waals surface area contributed by atoms with Gasteiger partial charge in [0.1, 0.15) is 11.1 Å². The highest BCUT2D eigenvalue weighted by Gasteiger charge is 2.52. The fourth-order valence-electron chi connectivity index (χ4n) is 5.30. The highest BCUT2D eigenvalue weighted by atomic mass is 32.2. The summed E-state index contributed by atoms with van der Waals surface area (Å²) >= 11 is 1.21. The molecule has 0 saturated heterocycles. The molecule has 2 fully saturated rings. The van der Waals surface area contributed by atoms with Gasteiger partial charge in [0.15, 0.2) is 5.82 Å². The summed E-state index contributed by atoms with van der Waals surface area (Å²) in [4.78, 5) is 4.90. The Balaban J connectivity index is 1.40. The van der Waals surface area contributed by atoms with E-state index in [2.05, 4.69) is 32.9 Å². The van der Waals surface area contributed by atoms with Gasteiger partial charge >= 0.3 is 0 Å². The molecule has 4 heterocycles. The summed E-state index contributed by atoms with van der Waals surface area (Å²) in [6.07, 6.45) is 11.0. The third-order valence-corrected chi connectivity index (χ3v) is 8.04. The minimum atomic E-state index is -0.391. The number of nitrogens with zero attached hydrogens (tertiary/aromatic N) is 6. The topological polar surface area (TPSA) is 71.8 Å². The molecule has 2 saturated carbocycles. The van der Waals surface area contributed by atoms with Crippen LogP contribution in [-0.4, -0.2) is 24.4 Å². The van der Waals surface area contributed by atoms with Crippen LogP contribution in [0.25, 0.3) is 16.6 Å². The van der Waals surface area contributed by atoms with Gasteiger partial charge in [0.05, 0.1) is 23.5 Å². The van der Waals surface area contributed by atoms with E-state index in [1.807, 2.05) is 18.5 Å². The molecular weight excluding hydrogens is 423 g/mol. The average molecular weight is 445 g/mol. The summed E-state index contributed by atoms with van der Waals surface area (Å²) in [6.45, 7) is 3.07. The molecule has 0 N–H and O–H groups in total. The Morgan fingerprint density at radius 2 is 2.09 bits per heavy atom. The van der Waals surface area contributed by atoms with Crippen LogP contribution in [0.1, 0.15) is 30.5 Å². The molecule has 1 unspecified atom stereocenters. The lowest BCUT2D eigenvalue weighted by Gasteiger charge is -2.10. The zero-order valence-electron chi connectivity index (χ0n) is 17.6. The van der Waals surface area contributed by atoms with E-state index in [0.717, 1.165) is 46.0 Å². The van der Waals surface area contributed by atoms with Crippen LogP contribution in [0.5, 0.6) is 0 Å². The second-order valence-electron chi connectivity index (χ2n) is 8.70. The van der Waals surface area contributed by atoms with Gasteiger partial charge in [-0.2, -0.15) is 15.5 Å². The van der Waals surface area contributed by atoms with Crippen molar-refractivity contribution in [1.82, 2.24) is 24.4 Å². The van der Waals surface area contributed by atoms with E-state index in [1.165, 1.54) is 37.1 Å². The summed E-state index contributed by atoms with van der Waals surface area (Å²) in [5.74, 6) is 2.16. The summed E-state index contributed by atoms with van der Waals surface area (Å²) < 4.78 is 18.1. The Morgan fingerprint density at radius 3 is 2.88 bits per heavy atom. The normalized spacial score (nSPS) is 21.6. The third kappa shape index (κ3) is 3.11. The van der Waals surface area contributed by atoms with Crippen LogP contribution in [-0.2, 0) is 6.54 Å². The van der Waals surface area contributed by atoms with Crippen LogP contribution in [0.3, 0.4) is 0 Å². The van der Waals surface area contributed by atoms with E-state index in [4.69, 9.17) is 0 Å². The van der Waals surface area contributed by atoms with Gasteiger partial charge in [0.25, 0.3) is 0 Å². The van der Waals surface area contributed by atoms with E-state index < -0.39 is 5.82 Å². The van der Waals surface area contributed by atoms with Crippen molar-refractivity contribution in [2.24, 2.45) is 17.8 Å². The van der Waals surface area contributed by atoms with Crippen LogP contribution in [0.15, 0.2) is 52.9 Å². The zero-order chi connectivity index (χ0) is 21.8. The lowest BCUT2D eigenvalue weighted by Crippen LogP contribution is -2.07. The van der Waals surface area contributed by atoms with Gasteiger partial charge in [-0.3, -0.25) is 4.68 Å². The zero-order valence-corrected chi connectivity index (χ0v) is 18.4. The summed E-state index contributed by atoms with van der Waals surface area (Å²) in [7, 11) is 0. The van der Waals surface area contributed by atoms with Gasteiger partial charge in [-0.25, -0.2) is 13.9 Å². The van der Waals surface area contributed by atoms with Crippen molar-refractivity contribution in [2.75, 3.05) is 0 Å². The highest BCUT2D eigenvalue weighted by Crippen LogP contribution is 2.58. The quantitative estimate of drug-likeness (QED) is 0.428. The fourth-order valence-corrected chi connectivity index (χ4v) is 6.27. The van der Waals surface area contributed by atoms with Crippen LogP contribution in [0.2, 0.25) is 0 Å².